The van der Waals surface area contributed by atoms with Crippen LogP contribution < -0.4 is 5.32 Å². The summed E-state index contributed by atoms with van der Waals surface area (Å²) in [6.45, 7) is 0. The smallest absolute Gasteiger partial charge is 0.261 e. The van der Waals surface area contributed by atoms with Crippen LogP contribution in [0, 0.1) is 0 Å². The van der Waals surface area contributed by atoms with Crippen molar-refractivity contribution < 1.29 is 9.90 Å². The van der Waals surface area contributed by atoms with Crippen LogP contribution in [0.3, 0.4) is 0 Å². The maximum Gasteiger partial charge on any atom is 0.261 e. The minimum Gasteiger partial charge on any atom is -0.507 e. The molecule has 2 aromatic carbocycles. The van der Waals surface area contributed by atoms with Crippen LogP contribution in [0.5, 0.6) is 5.75 Å². The summed E-state index contributed by atoms with van der Waals surface area (Å²) < 4.78 is 0. The van der Waals surface area contributed by atoms with Gasteiger partial charge in [0.15, 0.2) is 5.82 Å². The Hall–Kier alpha value is -2.57. The zero-order chi connectivity index (χ0) is 16.4. The number of hydrogen-bond acceptors (Lipinski definition) is 4. The molecule has 0 saturated heterocycles. The molecule has 3 rings (SSSR count). The Morgan fingerprint density at radius 2 is 1.96 bits per heavy atom. The van der Waals surface area contributed by atoms with Crippen molar-refractivity contribution in [2.75, 3.05) is 5.32 Å². The van der Waals surface area contributed by atoms with E-state index in [4.69, 9.17) is 23.2 Å². The number of hydrogen-bond donors (Lipinski definition) is 3. The summed E-state index contributed by atoms with van der Waals surface area (Å²) in [5.41, 5.74) is 0.689. The highest BCUT2D eigenvalue weighted by molar-refractivity contribution is 6.33. The Morgan fingerprint density at radius 1 is 1.17 bits per heavy atom. The second kappa shape index (κ2) is 6.28. The molecule has 23 heavy (non-hydrogen) atoms. The van der Waals surface area contributed by atoms with Gasteiger partial charge in [-0.1, -0.05) is 35.3 Å². The van der Waals surface area contributed by atoms with Crippen LogP contribution in [0.15, 0.2) is 42.5 Å². The van der Waals surface area contributed by atoms with Crippen LogP contribution in [0.1, 0.15) is 10.4 Å². The number of halogens is 2. The van der Waals surface area contributed by atoms with Crippen molar-refractivity contribution in [3.05, 3.63) is 58.1 Å². The first-order chi connectivity index (χ1) is 11.0. The summed E-state index contributed by atoms with van der Waals surface area (Å²) in [6.07, 6.45) is 0. The minimum atomic E-state index is -0.574. The van der Waals surface area contributed by atoms with E-state index < -0.39 is 5.91 Å². The zero-order valence-corrected chi connectivity index (χ0v) is 13.1. The Labute approximate surface area is 141 Å². The molecule has 0 bridgehead atoms. The number of amides is 1. The van der Waals surface area contributed by atoms with Gasteiger partial charge in [0.25, 0.3) is 5.91 Å². The van der Waals surface area contributed by atoms with Crippen LogP contribution in [0.25, 0.3) is 11.4 Å². The lowest BCUT2D eigenvalue weighted by Gasteiger charge is -2.04. The van der Waals surface area contributed by atoms with Crippen molar-refractivity contribution in [3.63, 3.8) is 0 Å². The van der Waals surface area contributed by atoms with Gasteiger partial charge in [0.2, 0.25) is 5.95 Å². The number of benzene rings is 2. The van der Waals surface area contributed by atoms with E-state index in [1.54, 1.807) is 18.2 Å². The molecule has 1 heterocycles. The summed E-state index contributed by atoms with van der Waals surface area (Å²) in [4.78, 5) is 16.3. The summed E-state index contributed by atoms with van der Waals surface area (Å²) >= 11 is 11.9. The molecule has 0 fully saturated rings. The standard InChI is InChI=1S/C15H10Cl2N4O2/c16-8-5-6-12(22)10(7-8)14(23)19-15-18-13(20-21-15)9-3-1-2-4-11(9)17/h1-7,22H,(H2,18,19,20,21,23). The van der Waals surface area contributed by atoms with Gasteiger partial charge in [-0.3, -0.25) is 15.2 Å². The molecule has 8 heteroatoms. The molecule has 3 N–H and O–H groups in total. The first-order valence-corrected chi connectivity index (χ1v) is 7.27. The molecule has 6 nitrogen and oxygen atoms in total. The Morgan fingerprint density at radius 3 is 2.74 bits per heavy atom. The normalized spacial score (nSPS) is 10.5. The van der Waals surface area contributed by atoms with E-state index in [1.165, 1.54) is 18.2 Å². The van der Waals surface area contributed by atoms with Gasteiger partial charge in [-0.25, -0.2) is 0 Å². The predicted octanol–water partition coefficient (Wildman–Crippen LogP) is 3.74. The third-order valence-corrected chi connectivity index (χ3v) is 3.61. The summed E-state index contributed by atoms with van der Waals surface area (Å²) in [5.74, 6) is -0.283. The van der Waals surface area contributed by atoms with Gasteiger partial charge in [0.1, 0.15) is 5.75 Å². The zero-order valence-electron chi connectivity index (χ0n) is 11.5. The number of aromatic nitrogens is 3. The van der Waals surface area contributed by atoms with Gasteiger partial charge in [0, 0.05) is 10.6 Å². The highest BCUT2D eigenvalue weighted by atomic mass is 35.5. The van der Waals surface area contributed by atoms with E-state index >= 15 is 0 Å². The van der Waals surface area contributed by atoms with Crippen LogP contribution >= 0.6 is 23.2 Å². The molecular weight excluding hydrogens is 339 g/mol. The number of aromatic hydroxyl groups is 1. The van der Waals surface area contributed by atoms with E-state index in [0.717, 1.165) is 0 Å². The average molecular weight is 349 g/mol. The lowest BCUT2D eigenvalue weighted by Crippen LogP contribution is -2.13. The van der Waals surface area contributed by atoms with Gasteiger partial charge in [-0.2, -0.15) is 4.98 Å². The van der Waals surface area contributed by atoms with Crippen molar-refractivity contribution in [1.82, 2.24) is 15.2 Å². The van der Waals surface area contributed by atoms with Gasteiger partial charge in [-0.15, -0.1) is 5.10 Å². The number of phenols is 1. The van der Waals surface area contributed by atoms with E-state index in [1.807, 2.05) is 6.07 Å². The van der Waals surface area contributed by atoms with E-state index in [9.17, 15) is 9.90 Å². The predicted molar refractivity (Wildman–Crippen MR) is 87.9 cm³/mol. The number of nitrogens with one attached hydrogen (secondary N) is 2. The summed E-state index contributed by atoms with van der Waals surface area (Å²) in [5, 5.41) is 19.6. The minimum absolute atomic E-state index is 0.0293. The summed E-state index contributed by atoms with van der Waals surface area (Å²) in [7, 11) is 0. The molecule has 0 aliphatic rings. The SMILES string of the molecule is O=C(Nc1n[nH]c(-c2ccccc2Cl)n1)c1cc(Cl)ccc1O. The van der Waals surface area contributed by atoms with Crippen LogP contribution in [-0.4, -0.2) is 26.2 Å². The molecule has 116 valence electrons. The molecule has 0 atom stereocenters. The molecule has 3 aromatic rings. The maximum absolute atomic E-state index is 12.2. The number of H-pyrrole nitrogens is 1. The Bertz CT molecular complexity index is 879. The van der Waals surface area contributed by atoms with E-state index in [0.29, 0.717) is 21.4 Å². The third-order valence-electron chi connectivity index (χ3n) is 3.04. The maximum atomic E-state index is 12.2. The van der Waals surface area contributed by atoms with E-state index in [-0.39, 0.29) is 17.3 Å². The lowest BCUT2D eigenvalue weighted by molar-refractivity contribution is 0.102. The molecule has 0 unspecified atom stereocenters. The molecule has 1 aromatic heterocycles. The Balaban J connectivity index is 1.83. The number of rotatable bonds is 3. The van der Waals surface area contributed by atoms with Crippen molar-refractivity contribution >= 4 is 35.1 Å². The fourth-order valence-corrected chi connectivity index (χ4v) is 2.35. The highest BCUT2D eigenvalue weighted by Gasteiger charge is 2.15. The second-order valence-electron chi connectivity index (χ2n) is 4.60. The molecule has 0 aliphatic carbocycles. The van der Waals surface area contributed by atoms with E-state index in [2.05, 4.69) is 20.5 Å². The first kappa shape index (κ1) is 15.3. The van der Waals surface area contributed by atoms with Crippen LogP contribution in [0.2, 0.25) is 10.0 Å². The van der Waals surface area contributed by atoms with Gasteiger partial charge >= 0.3 is 0 Å². The number of carbonyl (C=O) groups is 1. The number of aromatic amines is 1. The fraction of sp³-hybridized carbons (Fsp3) is 0. The number of nitrogens with zero attached hydrogens (tertiary/aromatic N) is 2. The number of phenolic OH excluding ortho intramolecular Hbond substituents is 1. The molecule has 1 amide bonds. The first-order valence-electron chi connectivity index (χ1n) is 6.52. The fourth-order valence-electron chi connectivity index (χ4n) is 1.95. The van der Waals surface area contributed by atoms with Gasteiger partial charge in [0.05, 0.1) is 10.6 Å². The van der Waals surface area contributed by atoms with Crippen molar-refractivity contribution in [3.8, 4) is 17.1 Å². The third kappa shape index (κ3) is 3.28. The lowest BCUT2D eigenvalue weighted by atomic mass is 10.2. The van der Waals surface area contributed by atoms with Crippen molar-refractivity contribution in [2.45, 2.75) is 0 Å². The quantitative estimate of drug-likeness (QED) is 0.672. The van der Waals surface area contributed by atoms with Crippen LogP contribution in [0.4, 0.5) is 5.95 Å². The topological polar surface area (TPSA) is 90.9 Å². The number of carbonyl (C=O) groups excluding carboxylic acids is 1. The Kier molecular flexibility index (Phi) is 4.18. The largest absolute Gasteiger partial charge is 0.507 e. The monoisotopic (exact) mass is 348 g/mol. The average Bonchev–Trinajstić information content (AvgIpc) is 2.98. The van der Waals surface area contributed by atoms with Crippen LogP contribution in [-0.2, 0) is 0 Å². The van der Waals surface area contributed by atoms with Gasteiger partial charge in [-0.05, 0) is 30.3 Å². The molecule has 0 radical (unpaired) electrons. The summed E-state index contributed by atoms with van der Waals surface area (Å²) in [6, 6.07) is 11.3. The molecule has 0 saturated carbocycles. The molecule has 0 aliphatic heterocycles. The molecular formula is C15H10Cl2N4O2. The van der Waals surface area contributed by atoms with Gasteiger partial charge < -0.3 is 5.11 Å². The number of anilines is 1. The second-order valence-corrected chi connectivity index (χ2v) is 5.45. The van der Waals surface area contributed by atoms with Crippen molar-refractivity contribution in [1.29, 1.82) is 0 Å². The molecule has 0 spiro atoms. The van der Waals surface area contributed by atoms with Crippen molar-refractivity contribution in [2.24, 2.45) is 0 Å². The highest BCUT2D eigenvalue weighted by Crippen LogP contribution is 2.25.